The molecule has 4 nitrogen and oxygen atoms in total. The number of nitrogens with one attached hydrogen (secondary N) is 2. The number of rotatable bonds is 3. The molecule has 3 rings (SSSR count). The predicted molar refractivity (Wildman–Crippen MR) is 86.1 cm³/mol. The van der Waals surface area contributed by atoms with E-state index in [1.807, 2.05) is 24.3 Å². The third kappa shape index (κ3) is 2.87. The number of carbonyl (C=O) groups is 1. The van der Waals surface area contributed by atoms with Crippen molar-refractivity contribution >= 4 is 32.9 Å². The zero-order chi connectivity index (χ0) is 15.7. The van der Waals surface area contributed by atoms with Gasteiger partial charge in [-0.25, -0.2) is 9.37 Å². The highest BCUT2D eigenvalue weighted by atomic mass is 79.9. The molecule has 1 unspecified atom stereocenters. The van der Waals surface area contributed by atoms with Gasteiger partial charge >= 0.3 is 0 Å². The average Bonchev–Trinajstić information content (AvgIpc) is 2.93. The monoisotopic (exact) mass is 361 g/mol. The number of amides is 1. The topological polar surface area (TPSA) is 57.8 Å². The summed E-state index contributed by atoms with van der Waals surface area (Å²) in [6, 6.07) is 11.5. The van der Waals surface area contributed by atoms with E-state index < -0.39 is 11.7 Å². The van der Waals surface area contributed by atoms with E-state index in [2.05, 4.69) is 31.2 Å². The average molecular weight is 362 g/mol. The largest absolute Gasteiger partial charge is 0.342 e. The maximum atomic E-state index is 13.7. The Morgan fingerprint density at radius 3 is 2.86 bits per heavy atom. The number of carbonyl (C=O) groups excluding carboxylic acids is 1. The van der Waals surface area contributed by atoms with Crippen molar-refractivity contribution in [2.24, 2.45) is 0 Å². The Labute approximate surface area is 134 Å². The van der Waals surface area contributed by atoms with Gasteiger partial charge in [0.1, 0.15) is 11.6 Å². The van der Waals surface area contributed by atoms with E-state index in [1.54, 1.807) is 13.0 Å². The molecule has 0 saturated heterocycles. The lowest BCUT2D eigenvalue weighted by Crippen LogP contribution is -2.28. The minimum atomic E-state index is -0.558. The lowest BCUT2D eigenvalue weighted by molar-refractivity contribution is 0.0934. The molecule has 1 aromatic heterocycles. The standard InChI is InChI=1S/C16H13BrFN3O/c1-9(15-20-13-4-2-3-5-14(13)21-15)19-16(22)11-8-10(17)6-7-12(11)18/h2-9H,1H3,(H,19,22)(H,20,21). The quantitative estimate of drug-likeness (QED) is 0.741. The molecule has 3 aromatic rings. The van der Waals surface area contributed by atoms with Crippen molar-refractivity contribution in [3.63, 3.8) is 0 Å². The Kier molecular flexibility index (Phi) is 3.94. The van der Waals surface area contributed by atoms with Crippen LogP contribution in [0, 0.1) is 5.82 Å². The van der Waals surface area contributed by atoms with Gasteiger partial charge in [-0.1, -0.05) is 28.1 Å². The molecule has 0 saturated carbocycles. The Morgan fingerprint density at radius 1 is 1.32 bits per heavy atom. The minimum Gasteiger partial charge on any atom is -0.342 e. The number of hydrogen-bond donors (Lipinski definition) is 2. The van der Waals surface area contributed by atoms with E-state index >= 15 is 0 Å². The van der Waals surface area contributed by atoms with E-state index in [9.17, 15) is 9.18 Å². The van der Waals surface area contributed by atoms with Gasteiger partial charge in [0.2, 0.25) is 0 Å². The lowest BCUT2D eigenvalue weighted by atomic mass is 10.2. The number of halogens is 2. The number of para-hydroxylation sites is 2. The van der Waals surface area contributed by atoms with Crippen LogP contribution in [0.1, 0.15) is 29.1 Å². The predicted octanol–water partition coefficient (Wildman–Crippen LogP) is 3.96. The molecule has 22 heavy (non-hydrogen) atoms. The molecule has 2 N–H and O–H groups in total. The van der Waals surface area contributed by atoms with Crippen LogP contribution < -0.4 is 5.32 Å². The smallest absolute Gasteiger partial charge is 0.254 e. The summed E-state index contributed by atoms with van der Waals surface area (Å²) in [4.78, 5) is 19.8. The minimum absolute atomic E-state index is 0.00247. The Morgan fingerprint density at radius 2 is 2.09 bits per heavy atom. The van der Waals surface area contributed by atoms with Crippen molar-refractivity contribution in [3.8, 4) is 0 Å². The van der Waals surface area contributed by atoms with Crippen LogP contribution in [0.2, 0.25) is 0 Å². The van der Waals surface area contributed by atoms with Crippen LogP contribution in [0.15, 0.2) is 46.9 Å². The highest BCUT2D eigenvalue weighted by molar-refractivity contribution is 9.10. The second-order valence-electron chi connectivity index (χ2n) is 4.96. The van der Waals surface area contributed by atoms with Crippen LogP contribution in [0.25, 0.3) is 11.0 Å². The molecule has 0 fully saturated rings. The summed E-state index contributed by atoms with van der Waals surface area (Å²) < 4.78 is 14.4. The van der Waals surface area contributed by atoms with Crippen LogP contribution in [-0.2, 0) is 0 Å². The highest BCUT2D eigenvalue weighted by Crippen LogP contribution is 2.18. The molecule has 0 bridgehead atoms. The third-order valence-electron chi connectivity index (χ3n) is 3.34. The molecule has 0 aliphatic rings. The van der Waals surface area contributed by atoms with Crippen molar-refractivity contribution in [3.05, 3.63) is 64.1 Å². The normalized spacial score (nSPS) is 12.3. The van der Waals surface area contributed by atoms with Crippen LogP contribution in [0.5, 0.6) is 0 Å². The van der Waals surface area contributed by atoms with Crippen molar-refractivity contribution in [1.82, 2.24) is 15.3 Å². The van der Waals surface area contributed by atoms with Crippen LogP contribution in [0.4, 0.5) is 4.39 Å². The summed E-state index contributed by atoms with van der Waals surface area (Å²) in [7, 11) is 0. The third-order valence-corrected chi connectivity index (χ3v) is 3.83. The lowest BCUT2D eigenvalue weighted by Gasteiger charge is -2.12. The highest BCUT2D eigenvalue weighted by Gasteiger charge is 2.17. The fraction of sp³-hybridized carbons (Fsp3) is 0.125. The van der Waals surface area contributed by atoms with E-state index in [4.69, 9.17) is 0 Å². The second kappa shape index (κ2) is 5.88. The second-order valence-corrected chi connectivity index (χ2v) is 5.87. The molecule has 1 atom stereocenters. The van der Waals surface area contributed by atoms with E-state index in [0.29, 0.717) is 10.3 Å². The van der Waals surface area contributed by atoms with Gasteiger partial charge in [0.15, 0.2) is 0 Å². The van der Waals surface area contributed by atoms with Crippen LogP contribution in [0.3, 0.4) is 0 Å². The maximum Gasteiger partial charge on any atom is 0.254 e. The summed E-state index contributed by atoms with van der Waals surface area (Å²) in [6.45, 7) is 1.80. The SMILES string of the molecule is CC(NC(=O)c1cc(Br)ccc1F)c1nc2ccccc2[nH]1. The van der Waals surface area contributed by atoms with Crippen molar-refractivity contribution in [1.29, 1.82) is 0 Å². The summed E-state index contributed by atoms with van der Waals surface area (Å²) in [6.07, 6.45) is 0. The molecule has 2 aromatic carbocycles. The van der Waals surface area contributed by atoms with Gasteiger partial charge < -0.3 is 10.3 Å². The van der Waals surface area contributed by atoms with Gasteiger partial charge in [0.25, 0.3) is 5.91 Å². The number of aromatic amines is 1. The summed E-state index contributed by atoms with van der Waals surface area (Å²) >= 11 is 3.23. The van der Waals surface area contributed by atoms with Crippen molar-refractivity contribution in [2.45, 2.75) is 13.0 Å². The zero-order valence-electron chi connectivity index (χ0n) is 11.7. The number of aromatic nitrogens is 2. The van der Waals surface area contributed by atoms with Gasteiger partial charge in [-0.15, -0.1) is 0 Å². The molecule has 0 aliphatic carbocycles. The van der Waals surface area contributed by atoms with E-state index in [-0.39, 0.29) is 11.6 Å². The molecule has 6 heteroatoms. The number of imidazole rings is 1. The molecule has 1 amide bonds. The maximum absolute atomic E-state index is 13.7. The Balaban J connectivity index is 1.82. The molecular weight excluding hydrogens is 349 g/mol. The van der Waals surface area contributed by atoms with Gasteiger partial charge in [-0.2, -0.15) is 0 Å². The fourth-order valence-electron chi connectivity index (χ4n) is 2.19. The number of fused-ring (bicyclic) bond motifs is 1. The number of hydrogen-bond acceptors (Lipinski definition) is 2. The Bertz CT molecular complexity index is 813. The number of benzene rings is 2. The van der Waals surface area contributed by atoms with Gasteiger partial charge in [-0.05, 0) is 37.3 Å². The number of H-pyrrole nitrogens is 1. The van der Waals surface area contributed by atoms with Crippen molar-refractivity contribution < 1.29 is 9.18 Å². The van der Waals surface area contributed by atoms with Crippen LogP contribution >= 0.6 is 15.9 Å². The molecule has 0 radical (unpaired) electrons. The molecular formula is C16H13BrFN3O. The first-order chi connectivity index (χ1) is 10.5. The molecule has 0 spiro atoms. The van der Waals surface area contributed by atoms with E-state index in [0.717, 1.165) is 11.0 Å². The number of nitrogens with zero attached hydrogens (tertiary/aromatic N) is 1. The first-order valence-corrected chi connectivity index (χ1v) is 7.54. The zero-order valence-corrected chi connectivity index (χ0v) is 13.3. The summed E-state index contributed by atoms with van der Waals surface area (Å²) in [5, 5.41) is 2.75. The van der Waals surface area contributed by atoms with Crippen molar-refractivity contribution in [2.75, 3.05) is 0 Å². The van der Waals surface area contributed by atoms with Gasteiger partial charge in [-0.3, -0.25) is 4.79 Å². The first kappa shape index (κ1) is 14.7. The summed E-state index contributed by atoms with van der Waals surface area (Å²) in [5.74, 6) is -0.408. The Hall–Kier alpha value is -2.21. The molecule has 112 valence electrons. The van der Waals surface area contributed by atoms with Gasteiger partial charge in [0.05, 0.1) is 22.6 Å². The van der Waals surface area contributed by atoms with E-state index in [1.165, 1.54) is 12.1 Å². The summed E-state index contributed by atoms with van der Waals surface area (Å²) in [5.41, 5.74) is 1.72. The first-order valence-electron chi connectivity index (χ1n) is 6.75. The molecule has 1 heterocycles. The van der Waals surface area contributed by atoms with Crippen LogP contribution in [-0.4, -0.2) is 15.9 Å². The molecule has 0 aliphatic heterocycles. The fourth-order valence-corrected chi connectivity index (χ4v) is 2.55. The van der Waals surface area contributed by atoms with Gasteiger partial charge in [0, 0.05) is 4.47 Å².